The lowest BCUT2D eigenvalue weighted by molar-refractivity contribution is 0.282. The van der Waals surface area contributed by atoms with Gasteiger partial charge in [-0.2, -0.15) is 0 Å². The molecule has 4 aromatic carbocycles. The van der Waals surface area contributed by atoms with Gasteiger partial charge in [0, 0.05) is 22.8 Å². The average Bonchev–Trinajstić information content (AvgIpc) is 3.46. The fourth-order valence-electron chi connectivity index (χ4n) is 5.53. The van der Waals surface area contributed by atoms with Gasteiger partial charge in [0.2, 0.25) is 0 Å². The van der Waals surface area contributed by atoms with Crippen molar-refractivity contribution in [3.8, 4) is 11.5 Å². The minimum atomic E-state index is 0.281. The summed E-state index contributed by atoms with van der Waals surface area (Å²) in [6.07, 6.45) is 7.66. The summed E-state index contributed by atoms with van der Waals surface area (Å²) in [5.41, 5.74) is 6.79. The van der Waals surface area contributed by atoms with Crippen LogP contribution in [0.1, 0.15) is 40.6 Å². The third-order valence-corrected chi connectivity index (χ3v) is 8.45. The molecule has 0 bridgehead atoms. The Kier molecular flexibility index (Phi) is 7.62. The van der Waals surface area contributed by atoms with E-state index in [9.17, 15) is 0 Å². The number of hydrogen-bond donors (Lipinski definition) is 1. The number of para-hydroxylation sites is 1. The Morgan fingerprint density at radius 3 is 2.69 bits per heavy atom. The van der Waals surface area contributed by atoms with E-state index in [1.807, 2.05) is 42.6 Å². The molecule has 0 spiro atoms. The number of benzene rings is 4. The zero-order valence-electron chi connectivity index (χ0n) is 21.5. The van der Waals surface area contributed by atoms with Crippen LogP contribution in [0.15, 0.2) is 102 Å². The fraction of sp³-hybridized carbons (Fsp3) is 0.182. The Morgan fingerprint density at radius 2 is 1.87 bits per heavy atom. The lowest BCUT2D eigenvalue weighted by Crippen LogP contribution is -2.28. The van der Waals surface area contributed by atoms with Gasteiger partial charge in [0.15, 0.2) is 11.5 Å². The van der Waals surface area contributed by atoms with Crippen LogP contribution >= 0.6 is 34.2 Å². The maximum atomic E-state index is 6.11. The summed E-state index contributed by atoms with van der Waals surface area (Å²) in [5.74, 6) is 2.38. The Balaban J connectivity index is 1.17. The molecule has 1 aliphatic heterocycles. The van der Waals surface area contributed by atoms with Gasteiger partial charge in [-0.1, -0.05) is 66.2 Å². The first-order chi connectivity index (χ1) is 19.1. The first kappa shape index (κ1) is 26.0. The quantitative estimate of drug-likeness (QED) is 0.124. The van der Waals surface area contributed by atoms with Crippen molar-refractivity contribution in [2.75, 3.05) is 12.4 Å². The van der Waals surface area contributed by atoms with Crippen molar-refractivity contribution < 1.29 is 9.47 Å². The van der Waals surface area contributed by atoms with Gasteiger partial charge < -0.3 is 14.8 Å². The van der Waals surface area contributed by atoms with Crippen molar-refractivity contribution in [3.05, 3.63) is 128 Å². The van der Waals surface area contributed by atoms with Crippen LogP contribution in [0.4, 0.5) is 11.4 Å². The van der Waals surface area contributed by atoms with Crippen molar-refractivity contribution in [1.82, 2.24) is 0 Å². The van der Waals surface area contributed by atoms with Gasteiger partial charge in [0.1, 0.15) is 6.61 Å². The first-order valence-corrected chi connectivity index (χ1v) is 14.5. The highest BCUT2D eigenvalue weighted by Crippen LogP contribution is 2.49. The lowest BCUT2D eigenvalue weighted by atomic mass is 9.77. The van der Waals surface area contributed by atoms with Gasteiger partial charge >= 0.3 is 0 Å². The molecular formula is C33H28ClIN2O2. The van der Waals surface area contributed by atoms with E-state index in [-0.39, 0.29) is 6.04 Å². The van der Waals surface area contributed by atoms with E-state index in [1.165, 1.54) is 16.8 Å². The molecule has 1 aliphatic carbocycles. The number of nitrogens with zero attached hydrogens (tertiary/aromatic N) is 1. The number of fused-ring (bicyclic) bond motifs is 3. The minimum Gasteiger partial charge on any atom is -0.493 e. The van der Waals surface area contributed by atoms with Crippen LogP contribution in [-0.4, -0.2) is 13.3 Å². The number of ether oxygens (including phenoxy) is 2. The molecule has 2 aliphatic rings. The molecule has 0 radical (unpaired) electrons. The molecule has 196 valence electrons. The summed E-state index contributed by atoms with van der Waals surface area (Å²) in [5, 5.41) is 4.49. The summed E-state index contributed by atoms with van der Waals surface area (Å²) in [4.78, 5) is 4.74. The second-order valence-electron chi connectivity index (χ2n) is 9.87. The predicted molar refractivity (Wildman–Crippen MR) is 168 cm³/mol. The maximum Gasteiger partial charge on any atom is 0.174 e. The molecule has 0 fully saturated rings. The number of anilines is 1. The fourth-order valence-corrected chi connectivity index (χ4v) is 6.52. The molecule has 0 amide bonds. The third-order valence-electron chi connectivity index (χ3n) is 7.41. The van der Waals surface area contributed by atoms with E-state index in [0.717, 1.165) is 26.8 Å². The van der Waals surface area contributed by atoms with Crippen LogP contribution < -0.4 is 14.8 Å². The number of nitrogens with one attached hydrogen (secondary N) is 1. The molecule has 0 unspecified atom stereocenters. The number of aliphatic imine (C=N–C) groups is 1. The Labute approximate surface area is 247 Å². The third kappa shape index (κ3) is 5.56. The Morgan fingerprint density at radius 1 is 1.03 bits per heavy atom. The molecule has 3 atom stereocenters. The Bertz CT molecular complexity index is 1550. The van der Waals surface area contributed by atoms with E-state index in [1.54, 1.807) is 7.11 Å². The van der Waals surface area contributed by atoms with Gasteiger partial charge in [-0.25, -0.2) is 0 Å². The normalized spacial score (nSPS) is 19.4. The molecular weight excluding hydrogens is 619 g/mol. The highest BCUT2D eigenvalue weighted by Gasteiger charge is 2.37. The second-order valence-corrected chi connectivity index (χ2v) is 11.5. The molecule has 6 heteroatoms. The first-order valence-electron chi connectivity index (χ1n) is 13.0. The van der Waals surface area contributed by atoms with Gasteiger partial charge in [-0.15, -0.1) is 0 Å². The summed E-state index contributed by atoms with van der Waals surface area (Å²) in [6.45, 7) is 0.409. The molecule has 0 saturated heterocycles. The van der Waals surface area contributed by atoms with E-state index in [4.69, 9.17) is 26.1 Å². The SMILES string of the molecule is COc1cc(C=Nc2ccc([C@@H]3Nc4ccccc4[C@@H]4C=CC[C@H]43)cc2)cc(I)c1OCc1cccc(Cl)c1. The van der Waals surface area contributed by atoms with Crippen LogP contribution in [0, 0.1) is 9.49 Å². The van der Waals surface area contributed by atoms with Gasteiger partial charge in [0.05, 0.1) is 22.4 Å². The van der Waals surface area contributed by atoms with Crippen LogP contribution in [0.3, 0.4) is 0 Å². The smallest absolute Gasteiger partial charge is 0.174 e. The molecule has 0 aromatic heterocycles. The van der Waals surface area contributed by atoms with Crippen LogP contribution in [-0.2, 0) is 6.61 Å². The van der Waals surface area contributed by atoms with Crippen molar-refractivity contribution in [2.45, 2.75) is 25.0 Å². The van der Waals surface area contributed by atoms with Crippen LogP contribution in [0.25, 0.3) is 0 Å². The van der Waals surface area contributed by atoms with Crippen molar-refractivity contribution in [1.29, 1.82) is 0 Å². The van der Waals surface area contributed by atoms with Gasteiger partial charge in [-0.05, 0) is 99.6 Å². The summed E-state index contributed by atoms with van der Waals surface area (Å²) in [6, 6.07) is 29.2. The molecule has 0 saturated carbocycles. The molecule has 39 heavy (non-hydrogen) atoms. The molecule has 4 nitrogen and oxygen atoms in total. The molecule has 1 N–H and O–H groups in total. The average molecular weight is 647 g/mol. The highest BCUT2D eigenvalue weighted by molar-refractivity contribution is 14.1. The van der Waals surface area contributed by atoms with E-state index < -0.39 is 0 Å². The summed E-state index contributed by atoms with van der Waals surface area (Å²) < 4.78 is 12.7. The predicted octanol–water partition coefficient (Wildman–Crippen LogP) is 9.11. The minimum absolute atomic E-state index is 0.281. The monoisotopic (exact) mass is 646 g/mol. The van der Waals surface area contributed by atoms with Crippen LogP contribution in [0.5, 0.6) is 11.5 Å². The molecule has 1 heterocycles. The number of methoxy groups -OCH3 is 1. The van der Waals surface area contributed by atoms with Crippen molar-refractivity contribution in [3.63, 3.8) is 0 Å². The second kappa shape index (κ2) is 11.4. The van der Waals surface area contributed by atoms with E-state index >= 15 is 0 Å². The highest BCUT2D eigenvalue weighted by atomic mass is 127. The zero-order valence-corrected chi connectivity index (χ0v) is 24.4. The zero-order chi connectivity index (χ0) is 26.8. The number of hydrogen-bond acceptors (Lipinski definition) is 4. The largest absolute Gasteiger partial charge is 0.493 e. The molecule has 4 aromatic rings. The topological polar surface area (TPSA) is 42.8 Å². The lowest BCUT2D eigenvalue weighted by Gasteiger charge is -2.37. The van der Waals surface area contributed by atoms with E-state index in [0.29, 0.717) is 35.0 Å². The van der Waals surface area contributed by atoms with Crippen molar-refractivity contribution in [2.24, 2.45) is 10.9 Å². The summed E-state index contributed by atoms with van der Waals surface area (Å²) in [7, 11) is 1.65. The number of halogens is 2. The van der Waals surface area contributed by atoms with E-state index in [2.05, 4.69) is 88.6 Å². The molecule has 6 rings (SSSR count). The van der Waals surface area contributed by atoms with Crippen molar-refractivity contribution >= 4 is 51.8 Å². The summed E-state index contributed by atoms with van der Waals surface area (Å²) >= 11 is 8.38. The van der Waals surface area contributed by atoms with Gasteiger partial charge in [0.25, 0.3) is 0 Å². The Hall–Kier alpha value is -3.29. The number of allylic oxidation sites excluding steroid dienone is 2. The van der Waals surface area contributed by atoms with Gasteiger partial charge in [-0.3, -0.25) is 4.99 Å². The number of rotatable bonds is 7. The maximum absolute atomic E-state index is 6.11. The van der Waals surface area contributed by atoms with Crippen LogP contribution in [0.2, 0.25) is 5.02 Å². The standard InChI is InChI=1S/C33H28ClIN2O2/c1-38-31-18-22(17-29(35)33(31)39-20-21-6-4-7-24(34)16-21)19-36-25-14-12-23(13-15-25)32-28-10-5-9-26(28)27-8-2-3-11-30(27)37-32/h2-9,11-19,26,28,32,37H,10,20H2,1H3/t26-,28+,32-/m0/s1.